The van der Waals surface area contributed by atoms with Crippen molar-refractivity contribution in [2.24, 2.45) is 11.1 Å². The molecule has 0 spiro atoms. The zero-order valence-electron chi connectivity index (χ0n) is 12.9. The first kappa shape index (κ1) is 18.3. The van der Waals surface area contributed by atoms with Crippen molar-refractivity contribution in [1.29, 1.82) is 0 Å². The standard InChI is InChI=1S/C15H21F3N2O2/c1-14(2,9-19)10-20(3)13(21)8-22-12-6-4-5-11(7-12)15(16,17)18/h4-7H,8-10,19H2,1-3H3. The molecule has 4 nitrogen and oxygen atoms in total. The number of rotatable bonds is 6. The van der Waals surface area contributed by atoms with Crippen LogP contribution in [0.5, 0.6) is 5.75 Å². The van der Waals surface area contributed by atoms with Gasteiger partial charge in [-0.15, -0.1) is 0 Å². The van der Waals surface area contributed by atoms with Gasteiger partial charge in [-0.1, -0.05) is 19.9 Å². The Morgan fingerprint density at radius 2 is 1.95 bits per heavy atom. The molecule has 0 saturated heterocycles. The Morgan fingerprint density at radius 1 is 1.32 bits per heavy atom. The first-order valence-electron chi connectivity index (χ1n) is 6.79. The van der Waals surface area contributed by atoms with Crippen LogP contribution in [0.2, 0.25) is 0 Å². The number of nitrogens with two attached hydrogens (primary N) is 1. The molecule has 0 aliphatic heterocycles. The maximum atomic E-state index is 12.6. The second kappa shape index (κ2) is 7.00. The van der Waals surface area contributed by atoms with E-state index < -0.39 is 11.7 Å². The largest absolute Gasteiger partial charge is 0.484 e. The van der Waals surface area contributed by atoms with Crippen LogP contribution in [0, 0.1) is 5.41 Å². The number of nitrogens with zero attached hydrogens (tertiary/aromatic N) is 1. The Labute approximate surface area is 128 Å². The Kier molecular flexibility index (Phi) is 5.82. The number of amides is 1. The zero-order valence-corrected chi connectivity index (χ0v) is 12.9. The number of hydrogen-bond donors (Lipinski definition) is 1. The van der Waals surface area contributed by atoms with Crippen molar-refractivity contribution in [3.05, 3.63) is 29.8 Å². The lowest BCUT2D eigenvalue weighted by Crippen LogP contribution is -2.41. The number of halogens is 3. The van der Waals surface area contributed by atoms with E-state index in [4.69, 9.17) is 10.5 Å². The molecule has 0 aromatic heterocycles. The minimum absolute atomic E-state index is 0.00894. The summed E-state index contributed by atoms with van der Waals surface area (Å²) in [5.41, 5.74) is 4.56. The van der Waals surface area contributed by atoms with E-state index in [2.05, 4.69) is 0 Å². The molecule has 0 unspecified atom stereocenters. The van der Waals surface area contributed by atoms with Crippen molar-refractivity contribution in [3.8, 4) is 5.75 Å². The molecular weight excluding hydrogens is 297 g/mol. The van der Waals surface area contributed by atoms with Gasteiger partial charge in [0.2, 0.25) is 0 Å². The molecule has 0 atom stereocenters. The number of ether oxygens (including phenoxy) is 1. The van der Waals surface area contributed by atoms with Crippen LogP contribution in [0.4, 0.5) is 13.2 Å². The van der Waals surface area contributed by atoms with E-state index >= 15 is 0 Å². The molecule has 0 radical (unpaired) electrons. The monoisotopic (exact) mass is 318 g/mol. The van der Waals surface area contributed by atoms with Gasteiger partial charge in [0.1, 0.15) is 5.75 Å². The number of alkyl halides is 3. The fraction of sp³-hybridized carbons (Fsp3) is 0.533. The smallest absolute Gasteiger partial charge is 0.416 e. The molecule has 0 aliphatic carbocycles. The predicted molar refractivity (Wildman–Crippen MR) is 77.4 cm³/mol. The summed E-state index contributed by atoms with van der Waals surface area (Å²) in [5.74, 6) is -0.311. The molecule has 1 amide bonds. The van der Waals surface area contributed by atoms with Crippen molar-refractivity contribution in [1.82, 2.24) is 4.90 Å². The molecule has 124 valence electrons. The van der Waals surface area contributed by atoms with Gasteiger partial charge in [0.05, 0.1) is 5.56 Å². The highest BCUT2D eigenvalue weighted by atomic mass is 19.4. The Balaban J connectivity index is 2.61. The van der Waals surface area contributed by atoms with Crippen molar-refractivity contribution in [3.63, 3.8) is 0 Å². The summed E-state index contributed by atoms with van der Waals surface area (Å²) >= 11 is 0. The SMILES string of the molecule is CN(CC(C)(C)CN)C(=O)COc1cccc(C(F)(F)F)c1. The molecule has 1 rings (SSSR count). The number of hydrogen-bond acceptors (Lipinski definition) is 3. The summed E-state index contributed by atoms with van der Waals surface area (Å²) in [6, 6.07) is 4.44. The van der Waals surface area contributed by atoms with E-state index in [0.29, 0.717) is 13.1 Å². The van der Waals surface area contributed by atoms with Crippen molar-refractivity contribution >= 4 is 5.91 Å². The van der Waals surface area contributed by atoms with Gasteiger partial charge in [-0.2, -0.15) is 13.2 Å². The average molecular weight is 318 g/mol. The highest BCUT2D eigenvalue weighted by Crippen LogP contribution is 2.31. The van der Waals surface area contributed by atoms with Crippen LogP contribution < -0.4 is 10.5 Å². The number of likely N-dealkylation sites (N-methyl/N-ethyl adjacent to an activating group) is 1. The highest BCUT2D eigenvalue weighted by Gasteiger charge is 2.30. The maximum Gasteiger partial charge on any atom is 0.416 e. The predicted octanol–water partition coefficient (Wildman–Crippen LogP) is 2.53. The fourth-order valence-electron chi connectivity index (χ4n) is 1.81. The lowest BCUT2D eigenvalue weighted by atomic mass is 9.93. The molecule has 7 heteroatoms. The molecule has 0 bridgehead atoms. The third kappa shape index (κ3) is 5.55. The molecule has 1 aromatic rings. The Bertz CT molecular complexity index is 516. The van der Waals surface area contributed by atoms with E-state index in [-0.39, 0.29) is 23.7 Å². The van der Waals surface area contributed by atoms with Crippen LogP contribution in [0.1, 0.15) is 19.4 Å². The number of carbonyl (C=O) groups excluding carboxylic acids is 1. The van der Waals surface area contributed by atoms with Gasteiger partial charge in [0.25, 0.3) is 5.91 Å². The normalized spacial score (nSPS) is 12.1. The second-order valence-electron chi connectivity index (χ2n) is 5.93. The molecule has 22 heavy (non-hydrogen) atoms. The highest BCUT2D eigenvalue weighted by molar-refractivity contribution is 5.77. The first-order chi connectivity index (χ1) is 10.0. The average Bonchev–Trinajstić information content (AvgIpc) is 2.43. The summed E-state index contributed by atoms with van der Waals surface area (Å²) in [4.78, 5) is 13.4. The molecule has 0 fully saturated rings. The summed E-state index contributed by atoms with van der Waals surface area (Å²) in [7, 11) is 1.61. The Morgan fingerprint density at radius 3 is 2.50 bits per heavy atom. The van der Waals surface area contributed by atoms with Gasteiger partial charge in [0.15, 0.2) is 6.61 Å². The minimum Gasteiger partial charge on any atom is -0.484 e. The van der Waals surface area contributed by atoms with E-state index in [9.17, 15) is 18.0 Å². The van der Waals surface area contributed by atoms with Crippen LogP contribution in [0.15, 0.2) is 24.3 Å². The van der Waals surface area contributed by atoms with Gasteiger partial charge in [-0.3, -0.25) is 4.79 Å². The molecule has 0 heterocycles. The topological polar surface area (TPSA) is 55.6 Å². The van der Waals surface area contributed by atoms with Gasteiger partial charge < -0.3 is 15.4 Å². The first-order valence-corrected chi connectivity index (χ1v) is 6.79. The molecule has 1 aromatic carbocycles. The van der Waals surface area contributed by atoms with Gasteiger partial charge in [0, 0.05) is 13.6 Å². The summed E-state index contributed by atoms with van der Waals surface area (Å²) in [6.07, 6.45) is -4.44. The van der Waals surface area contributed by atoms with Gasteiger partial charge in [-0.05, 0) is 30.2 Å². The third-order valence-electron chi connectivity index (χ3n) is 3.17. The van der Waals surface area contributed by atoms with Crippen LogP contribution >= 0.6 is 0 Å². The number of carbonyl (C=O) groups is 1. The summed E-state index contributed by atoms with van der Waals surface area (Å²) in [6.45, 7) is 4.38. The van der Waals surface area contributed by atoms with Gasteiger partial charge >= 0.3 is 6.18 Å². The van der Waals surface area contributed by atoms with E-state index in [0.717, 1.165) is 12.1 Å². The fourth-order valence-corrected chi connectivity index (χ4v) is 1.81. The van der Waals surface area contributed by atoms with Crippen LogP contribution in [-0.2, 0) is 11.0 Å². The molecular formula is C15H21F3N2O2. The number of benzene rings is 1. The van der Waals surface area contributed by atoms with Crippen molar-refractivity contribution in [2.45, 2.75) is 20.0 Å². The van der Waals surface area contributed by atoms with Crippen molar-refractivity contribution in [2.75, 3.05) is 26.7 Å². The summed E-state index contributed by atoms with van der Waals surface area (Å²) < 4.78 is 42.9. The molecule has 0 aliphatic rings. The van der Waals surface area contributed by atoms with Gasteiger partial charge in [-0.25, -0.2) is 0 Å². The van der Waals surface area contributed by atoms with Crippen LogP contribution in [-0.4, -0.2) is 37.6 Å². The second-order valence-corrected chi connectivity index (χ2v) is 5.93. The van der Waals surface area contributed by atoms with E-state index in [1.165, 1.54) is 17.0 Å². The maximum absolute atomic E-state index is 12.6. The lowest BCUT2D eigenvalue weighted by Gasteiger charge is -2.29. The van der Waals surface area contributed by atoms with Crippen LogP contribution in [0.25, 0.3) is 0 Å². The lowest BCUT2D eigenvalue weighted by molar-refractivity contribution is -0.137. The van der Waals surface area contributed by atoms with Crippen LogP contribution in [0.3, 0.4) is 0 Å². The minimum atomic E-state index is -4.44. The van der Waals surface area contributed by atoms with Crippen molar-refractivity contribution < 1.29 is 22.7 Å². The Hall–Kier alpha value is -1.76. The third-order valence-corrected chi connectivity index (χ3v) is 3.17. The summed E-state index contributed by atoms with van der Waals surface area (Å²) in [5, 5.41) is 0. The molecule has 0 saturated carbocycles. The zero-order chi connectivity index (χ0) is 17.0. The van der Waals surface area contributed by atoms with E-state index in [1.54, 1.807) is 7.05 Å². The quantitative estimate of drug-likeness (QED) is 0.877. The van der Waals surface area contributed by atoms with E-state index in [1.807, 2.05) is 13.8 Å². The molecule has 2 N–H and O–H groups in total.